The number of rotatable bonds is 8. The summed E-state index contributed by atoms with van der Waals surface area (Å²) < 4.78 is 0. The molecule has 5 nitrogen and oxygen atoms in total. The van der Waals surface area contributed by atoms with Gasteiger partial charge in [-0.15, -0.1) is 0 Å². The largest absolute Gasteiger partial charge is 0.396 e. The molecule has 0 saturated heterocycles. The van der Waals surface area contributed by atoms with Gasteiger partial charge in [-0.05, 0) is 32.6 Å². The van der Waals surface area contributed by atoms with E-state index in [4.69, 9.17) is 5.11 Å². The molecule has 5 heteroatoms. The molecule has 1 aromatic rings. The second-order valence-corrected chi connectivity index (χ2v) is 5.27. The van der Waals surface area contributed by atoms with Gasteiger partial charge in [0.1, 0.15) is 17.5 Å². The van der Waals surface area contributed by atoms with Crippen molar-refractivity contribution >= 4 is 11.6 Å². The molecule has 0 unspecified atom stereocenters. The topological polar surface area (TPSA) is 61.3 Å². The van der Waals surface area contributed by atoms with E-state index >= 15 is 0 Å². The number of anilines is 2. The average molecular weight is 278 g/mol. The molecule has 0 spiro atoms. The van der Waals surface area contributed by atoms with Crippen molar-refractivity contribution in [2.45, 2.75) is 52.0 Å². The average Bonchev–Trinajstić information content (AvgIpc) is 2.41. The molecule has 2 rings (SSSR count). The Balaban J connectivity index is 2.22. The van der Waals surface area contributed by atoms with E-state index in [0.29, 0.717) is 6.04 Å². The number of aryl methyl sites for hydroxylation is 1. The second-order valence-electron chi connectivity index (χ2n) is 5.27. The fourth-order valence-electron chi connectivity index (χ4n) is 2.48. The van der Waals surface area contributed by atoms with Gasteiger partial charge in [-0.25, -0.2) is 9.97 Å². The third kappa shape index (κ3) is 3.60. The van der Waals surface area contributed by atoms with Crippen LogP contribution < -0.4 is 10.2 Å². The maximum absolute atomic E-state index is 9.10. The van der Waals surface area contributed by atoms with Crippen molar-refractivity contribution in [3.05, 3.63) is 11.9 Å². The quantitative estimate of drug-likeness (QED) is 0.763. The summed E-state index contributed by atoms with van der Waals surface area (Å²) in [5.41, 5.74) is 0. The Morgan fingerprint density at radius 1 is 1.35 bits per heavy atom. The lowest BCUT2D eigenvalue weighted by Crippen LogP contribution is -2.41. The Labute approximate surface area is 121 Å². The minimum Gasteiger partial charge on any atom is -0.396 e. The minimum absolute atomic E-state index is 0.231. The summed E-state index contributed by atoms with van der Waals surface area (Å²) in [6, 6.07) is 2.62. The lowest BCUT2D eigenvalue weighted by atomic mass is 9.91. The monoisotopic (exact) mass is 278 g/mol. The molecule has 1 saturated carbocycles. The first-order valence-electron chi connectivity index (χ1n) is 7.77. The lowest BCUT2D eigenvalue weighted by Gasteiger charge is -2.38. The third-order valence-electron chi connectivity index (χ3n) is 3.80. The smallest absolute Gasteiger partial charge is 0.134 e. The fraction of sp³-hybridized carbons (Fsp3) is 0.733. The van der Waals surface area contributed by atoms with Crippen LogP contribution in [-0.2, 0) is 6.42 Å². The van der Waals surface area contributed by atoms with Crippen LogP contribution in [-0.4, -0.2) is 40.8 Å². The molecule has 0 atom stereocenters. The van der Waals surface area contributed by atoms with E-state index < -0.39 is 0 Å². The van der Waals surface area contributed by atoms with Gasteiger partial charge in [0, 0.05) is 38.2 Å². The number of aliphatic hydroxyl groups excluding tert-OH is 1. The van der Waals surface area contributed by atoms with Gasteiger partial charge in [-0.2, -0.15) is 0 Å². The number of aliphatic hydroxyl groups is 1. The van der Waals surface area contributed by atoms with Gasteiger partial charge in [0.05, 0.1) is 0 Å². The molecule has 1 fully saturated rings. The Bertz CT molecular complexity index is 420. The normalized spacial score (nSPS) is 14.9. The molecule has 1 aromatic heterocycles. The van der Waals surface area contributed by atoms with Crippen molar-refractivity contribution in [2.24, 2.45) is 0 Å². The van der Waals surface area contributed by atoms with Gasteiger partial charge < -0.3 is 15.3 Å². The number of hydrogen-bond donors (Lipinski definition) is 2. The van der Waals surface area contributed by atoms with Crippen molar-refractivity contribution in [1.29, 1.82) is 0 Å². The van der Waals surface area contributed by atoms with E-state index in [0.717, 1.165) is 43.4 Å². The first kappa shape index (κ1) is 15.0. The van der Waals surface area contributed by atoms with Crippen molar-refractivity contribution in [3.8, 4) is 0 Å². The first-order valence-corrected chi connectivity index (χ1v) is 7.77. The van der Waals surface area contributed by atoms with Crippen LogP contribution in [0.15, 0.2) is 6.07 Å². The minimum atomic E-state index is 0.231. The highest BCUT2D eigenvalue weighted by Gasteiger charge is 2.26. The molecular weight excluding hydrogens is 252 g/mol. The molecule has 0 aromatic carbocycles. The first-order chi connectivity index (χ1) is 9.78. The van der Waals surface area contributed by atoms with Crippen LogP contribution in [0.2, 0.25) is 0 Å². The maximum Gasteiger partial charge on any atom is 0.134 e. The zero-order valence-electron chi connectivity index (χ0n) is 12.6. The third-order valence-corrected chi connectivity index (χ3v) is 3.80. The summed E-state index contributed by atoms with van der Waals surface area (Å²) in [5, 5.41) is 12.4. The molecule has 0 bridgehead atoms. The van der Waals surface area contributed by atoms with E-state index in [2.05, 4.69) is 34.0 Å². The van der Waals surface area contributed by atoms with E-state index in [1.165, 1.54) is 19.3 Å². The Kier molecular flexibility index (Phi) is 5.59. The lowest BCUT2D eigenvalue weighted by molar-refractivity contribution is 0.282. The van der Waals surface area contributed by atoms with E-state index in [9.17, 15) is 0 Å². The van der Waals surface area contributed by atoms with E-state index in [-0.39, 0.29) is 6.61 Å². The summed E-state index contributed by atoms with van der Waals surface area (Å²) in [7, 11) is 0. The zero-order valence-corrected chi connectivity index (χ0v) is 12.6. The predicted octanol–water partition coefficient (Wildman–Crippen LogP) is 2.21. The predicted molar refractivity (Wildman–Crippen MR) is 82.3 cm³/mol. The summed E-state index contributed by atoms with van der Waals surface area (Å²) in [6.45, 7) is 6.11. The second kappa shape index (κ2) is 7.43. The fourth-order valence-corrected chi connectivity index (χ4v) is 2.48. The molecule has 1 aliphatic carbocycles. The Hall–Kier alpha value is -1.36. The van der Waals surface area contributed by atoms with Crippen LogP contribution in [0.5, 0.6) is 0 Å². The highest BCUT2D eigenvalue weighted by atomic mass is 16.3. The summed E-state index contributed by atoms with van der Waals surface area (Å²) in [6.07, 6.45) is 5.39. The van der Waals surface area contributed by atoms with Crippen LogP contribution in [0, 0.1) is 0 Å². The molecule has 1 heterocycles. The standard InChI is InChI=1S/C15H26N4O/c1-3-13-17-14(16-4-2)11-15(18-13)19(9-6-10-20)12-7-5-8-12/h11-12,20H,3-10H2,1-2H3,(H,16,17,18). The van der Waals surface area contributed by atoms with Crippen LogP contribution in [0.4, 0.5) is 11.6 Å². The molecule has 0 aliphatic heterocycles. The summed E-state index contributed by atoms with van der Waals surface area (Å²) in [5.74, 6) is 2.79. The Morgan fingerprint density at radius 2 is 2.15 bits per heavy atom. The van der Waals surface area contributed by atoms with E-state index in [1.807, 2.05) is 6.07 Å². The van der Waals surface area contributed by atoms with Gasteiger partial charge in [0.15, 0.2) is 0 Å². The van der Waals surface area contributed by atoms with Gasteiger partial charge in [-0.3, -0.25) is 0 Å². The number of nitrogens with zero attached hydrogens (tertiary/aromatic N) is 3. The van der Waals surface area contributed by atoms with Crippen LogP contribution in [0.25, 0.3) is 0 Å². The van der Waals surface area contributed by atoms with Gasteiger partial charge in [0.25, 0.3) is 0 Å². The molecular formula is C15H26N4O. The zero-order chi connectivity index (χ0) is 14.4. The number of hydrogen-bond acceptors (Lipinski definition) is 5. The van der Waals surface area contributed by atoms with Crippen molar-refractivity contribution in [2.75, 3.05) is 29.9 Å². The number of nitrogens with one attached hydrogen (secondary N) is 1. The van der Waals surface area contributed by atoms with Crippen LogP contribution >= 0.6 is 0 Å². The van der Waals surface area contributed by atoms with Crippen molar-refractivity contribution in [3.63, 3.8) is 0 Å². The molecule has 1 aliphatic rings. The van der Waals surface area contributed by atoms with Gasteiger partial charge >= 0.3 is 0 Å². The molecule has 0 amide bonds. The van der Waals surface area contributed by atoms with Gasteiger partial charge in [0.2, 0.25) is 0 Å². The molecule has 0 radical (unpaired) electrons. The molecule has 112 valence electrons. The van der Waals surface area contributed by atoms with Crippen LogP contribution in [0.1, 0.15) is 45.4 Å². The van der Waals surface area contributed by atoms with Gasteiger partial charge in [-0.1, -0.05) is 6.92 Å². The maximum atomic E-state index is 9.10. The van der Waals surface area contributed by atoms with Crippen molar-refractivity contribution < 1.29 is 5.11 Å². The SMILES string of the molecule is CCNc1cc(N(CCCO)C2CCC2)nc(CC)n1. The van der Waals surface area contributed by atoms with Crippen molar-refractivity contribution in [1.82, 2.24) is 9.97 Å². The summed E-state index contributed by atoms with van der Waals surface area (Å²) in [4.78, 5) is 11.5. The van der Waals surface area contributed by atoms with E-state index in [1.54, 1.807) is 0 Å². The highest BCUT2D eigenvalue weighted by molar-refractivity contribution is 5.50. The summed E-state index contributed by atoms with van der Waals surface area (Å²) >= 11 is 0. The molecule has 20 heavy (non-hydrogen) atoms. The highest BCUT2D eigenvalue weighted by Crippen LogP contribution is 2.29. The molecule has 2 N–H and O–H groups in total. The number of aromatic nitrogens is 2. The Morgan fingerprint density at radius 3 is 2.70 bits per heavy atom. The van der Waals surface area contributed by atoms with Crippen LogP contribution in [0.3, 0.4) is 0 Å².